The number of aryl methyl sites for hydroxylation is 1. The first kappa shape index (κ1) is 29.9. The molecular formula is C29H47N5O4. The van der Waals surface area contributed by atoms with Crippen molar-refractivity contribution in [1.29, 1.82) is 0 Å². The van der Waals surface area contributed by atoms with Gasteiger partial charge in [0.25, 0.3) is 0 Å². The Bertz CT molecular complexity index is 916. The van der Waals surface area contributed by atoms with Gasteiger partial charge in [-0.1, -0.05) is 44.9 Å². The highest BCUT2D eigenvalue weighted by molar-refractivity contribution is 5.96. The minimum absolute atomic E-state index is 0.179. The van der Waals surface area contributed by atoms with Crippen LogP contribution in [-0.4, -0.2) is 61.6 Å². The Balaban J connectivity index is 1.84. The van der Waals surface area contributed by atoms with Gasteiger partial charge in [-0.25, -0.2) is 0 Å². The maximum absolute atomic E-state index is 13.7. The van der Waals surface area contributed by atoms with Gasteiger partial charge in [0.05, 0.1) is 6.04 Å². The second-order valence-corrected chi connectivity index (χ2v) is 11.1. The summed E-state index contributed by atoms with van der Waals surface area (Å²) < 4.78 is 6.07. The Morgan fingerprint density at radius 1 is 1.00 bits per heavy atom. The average molecular weight is 530 g/mol. The van der Waals surface area contributed by atoms with E-state index >= 15 is 0 Å². The summed E-state index contributed by atoms with van der Waals surface area (Å²) in [5.74, 6) is 0.476. The number of unbranched alkanes of at least 4 members (excludes halogenated alkanes) is 1. The zero-order valence-corrected chi connectivity index (χ0v) is 23.2. The molecule has 1 aliphatic heterocycles. The van der Waals surface area contributed by atoms with Crippen LogP contribution in [0.1, 0.15) is 77.2 Å². The van der Waals surface area contributed by atoms with Crippen LogP contribution in [0.4, 0.5) is 0 Å². The second-order valence-electron chi connectivity index (χ2n) is 11.1. The summed E-state index contributed by atoms with van der Waals surface area (Å²) in [6.45, 7) is 6.12. The largest absolute Gasteiger partial charge is 0.492 e. The van der Waals surface area contributed by atoms with Crippen molar-refractivity contribution in [3.8, 4) is 5.75 Å². The summed E-state index contributed by atoms with van der Waals surface area (Å²) in [6, 6.07) is 6.82. The van der Waals surface area contributed by atoms with Crippen molar-refractivity contribution >= 4 is 17.7 Å². The number of carbonyl (C=O) groups is 3. The van der Waals surface area contributed by atoms with Gasteiger partial charge >= 0.3 is 0 Å². The van der Waals surface area contributed by atoms with Crippen LogP contribution < -0.4 is 31.7 Å². The van der Waals surface area contributed by atoms with Gasteiger partial charge in [-0.15, -0.1) is 0 Å². The first-order valence-corrected chi connectivity index (χ1v) is 14.4. The molecule has 3 rings (SSSR count). The van der Waals surface area contributed by atoms with Gasteiger partial charge in [0, 0.05) is 13.1 Å². The number of para-hydroxylation sites is 1. The molecular weight excluding hydrogens is 482 g/mol. The molecule has 0 saturated heterocycles. The average Bonchev–Trinajstić information content (AvgIpc) is 3.37. The first-order chi connectivity index (χ1) is 18.3. The summed E-state index contributed by atoms with van der Waals surface area (Å²) in [6.07, 6.45) is 7.02. The maximum atomic E-state index is 13.7. The molecule has 1 aromatic carbocycles. The molecule has 1 heterocycles. The molecule has 0 bridgehead atoms. The predicted molar refractivity (Wildman–Crippen MR) is 149 cm³/mol. The number of carbonyl (C=O) groups excluding carboxylic acids is 3. The molecule has 38 heavy (non-hydrogen) atoms. The van der Waals surface area contributed by atoms with Crippen molar-refractivity contribution in [3.63, 3.8) is 0 Å². The van der Waals surface area contributed by atoms with Gasteiger partial charge < -0.3 is 31.7 Å². The van der Waals surface area contributed by atoms with Crippen LogP contribution in [0.15, 0.2) is 24.3 Å². The number of hydrogen-bond acceptors (Lipinski definition) is 6. The molecule has 2 atom stereocenters. The zero-order chi connectivity index (χ0) is 27.4. The Morgan fingerprint density at radius 3 is 2.50 bits per heavy atom. The molecule has 3 amide bonds. The van der Waals surface area contributed by atoms with Gasteiger partial charge in [-0.05, 0) is 75.5 Å². The fourth-order valence-corrected chi connectivity index (χ4v) is 5.38. The zero-order valence-electron chi connectivity index (χ0n) is 23.2. The van der Waals surface area contributed by atoms with Crippen molar-refractivity contribution in [2.75, 3.05) is 26.2 Å². The second kappa shape index (κ2) is 15.1. The fraction of sp³-hybridized carbons (Fsp3) is 0.690. The predicted octanol–water partition coefficient (Wildman–Crippen LogP) is 2.17. The van der Waals surface area contributed by atoms with E-state index in [-0.39, 0.29) is 17.7 Å². The van der Waals surface area contributed by atoms with Crippen LogP contribution in [0.2, 0.25) is 0 Å². The molecule has 1 aromatic rings. The molecule has 6 N–H and O–H groups in total. The molecule has 1 saturated carbocycles. The van der Waals surface area contributed by atoms with E-state index < -0.39 is 17.6 Å². The van der Waals surface area contributed by atoms with E-state index in [0.29, 0.717) is 57.8 Å². The summed E-state index contributed by atoms with van der Waals surface area (Å²) in [4.78, 5) is 40.3. The highest BCUT2D eigenvalue weighted by Crippen LogP contribution is 2.30. The summed E-state index contributed by atoms with van der Waals surface area (Å²) in [7, 11) is 0. The molecule has 2 aliphatic rings. The number of rotatable bonds is 6. The lowest BCUT2D eigenvalue weighted by molar-refractivity contribution is -0.136. The fourth-order valence-electron chi connectivity index (χ4n) is 5.38. The number of amides is 3. The van der Waals surface area contributed by atoms with Gasteiger partial charge in [0.2, 0.25) is 17.7 Å². The Morgan fingerprint density at radius 2 is 1.76 bits per heavy atom. The van der Waals surface area contributed by atoms with Crippen molar-refractivity contribution in [1.82, 2.24) is 21.3 Å². The topological polar surface area (TPSA) is 135 Å². The van der Waals surface area contributed by atoms with Crippen molar-refractivity contribution < 1.29 is 19.1 Å². The van der Waals surface area contributed by atoms with Crippen LogP contribution >= 0.6 is 0 Å². The molecule has 9 heteroatoms. The molecule has 1 fully saturated rings. The Hall–Kier alpha value is -2.65. The van der Waals surface area contributed by atoms with Crippen LogP contribution in [0.25, 0.3) is 0 Å². The summed E-state index contributed by atoms with van der Waals surface area (Å²) >= 11 is 0. The molecule has 9 nitrogen and oxygen atoms in total. The lowest BCUT2D eigenvalue weighted by atomic mass is 9.93. The Labute approximate surface area is 227 Å². The van der Waals surface area contributed by atoms with Gasteiger partial charge in [-0.3, -0.25) is 14.4 Å². The van der Waals surface area contributed by atoms with Crippen LogP contribution in [0.5, 0.6) is 5.75 Å². The lowest BCUT2D eigenvalue weighted by Crippen LogP contribution is -2.63. The van der Waals surface area contributed by atoms with E-state index in [2.05, 4.69) is 35.1 Å². The van der Waals surface area contributed by atoms with Gasteiger partial charge in [0.1, 0.15) is 23.9 Å². The normalized spacial score (nSPS) is 23.5. The third-order valence-corrected chi connectivity index (χ3v) is 7.49. The number of nitrogens with two attached hydrogens (primary N) is 1. The van der Waals surface area contributed by atoms with Crippen LogP contribution in [0, 0.1) is 5.92 Å². The molecule has 0 aromatic heterocycles. The number of fused-ring (bicyclic) bond motifs is 1. The van der Waals surface area contributed by atoms with Crippen molar-refractivity contribution in [2.45, 2.75) is 95.7 Å². The van der Waals surface area contributed by atoms with E-state index in [1.165, 1.54) is 0 Å². The number of ether oxygens (including phenoxy) is 1. The van der Waals surface area contributed by atoms with Gasteiger partial charge in [0.15, 0.2) is 0 Å². The Kier molecular flexibility index (Phi) is 11.9. The molecule has 1 spiro atoms. The minimum Gasteiger partial charge on any atom is -0.492 e. The van der Waals surface area contributed by atoms with E-state index in [4.69, 9.17) is 10.5 Å². The summed E-state index contributed by atoms with van der Waals surface area (Å²) in [5, 5.41) is 12.5. The van der Waals surface area contributed by atoms with Crippen LogP contribution in [0.3, 0.4) is 0 Å². The highest BCUT2D eigenvalue weighted by atomic mass is 16.5. The van der Waals surface area contributed by atoms with Crippen LogP contribution in [-0.2, 0) is 20.8 Å². The number of nitrogens with one attached hydrogen (secondary N) is 4. The monoisotopic (exact) mass is 529 g/mol. The first-order valence-electron chi connectivity index (χ1n) is 14.4. The van der Waals surface area contributed by atoms with E-state index in [1.807, 2.05) is 24.3 Å². The van der Waals surface area contributed by atoms with Crippen molar-refractivity contribution in [3.05, 3.63) is 29.8 Å². The van der Waals surface area contributed by atoms with Crippen molar-refractivity contribution in [2.24, 2.45) is 11.7 Å². The number of hydrogen-bond donors (Lipinski definition) is 5. The smallest absolute Gasteiger partial charge is 0.246 e. The van der Waals surface area contributed by atoms with E-state index in [1.54, 1.807) is 0 Å². The lowest BCUT2D eigenvalue weighted by Gasteiger charge is -2.33. The van der Waals surface area contributed by atoms with Gasteiger partial charge in [-0.2, -0.15) is 0 Å². The third-order valence-electron chi connectivity index (χ3n) is 7.49. The quantitative estimate of drug-likeness (QED) is 0.359. The van der Waals surface area contributed by atoms with E-state index in [0.717, 1.165) is 49.8 Å². The molecule has 0 radical (unpaired) electrons. The SMILES string of the molecule is CC(C)C[C@@H]1NCCOc2ccccc2CCCNC(=O)[C@H](CCCCN)NC(=O)C2(CCCC2)NC1=O. The molecule has 212 valence electrons. The third kappa shape index (κ3) is 8.70. The van der Waals surface area contributed by atoms with E-state index in [9.17, 15) is 14.4 Å². The maximum Gasteiger partial charge on any atom is 0.246 e. The molecule has 0 unspecified atom stereocenters. The molecule has 1 aliphatic carbocycles. The summed E-state index contributed by atoms with van der Waals surface area (Å²) in [5.41, 5.74) is 5.75. The highest BCUT2D eigenvalue weighted by Gasteiger charge is 2.44. The standard InChI is InChI=1S/C29H47N5O4/c1-21(2)20-24-27(36)34-29(14-6-7-15-29)28(37)33-23(12-5-8-16-30)26(35)32-17-9-11-22-10-3-4-13-25(22)38-19-18-31-24/h3-4,10,13,21,23-24,31H,5-9,11-12,14-20,30H2,1-2H3,(H,32,35)(H,33,37)(H,34,36)/t23-,24-/m0/s1. The number of benzene rings is 1. The minimum atomic E-state index is -0.999.